The minimum Gasteiger partial charge on any atom is -0.389 e. The first kappa shape index (κ1) is 21.1. The molecule has 0 N–H and O–H groups in total. The van der Waals surface area contributed by atoms with Crippen molar-refractivity contribution in [3.05, 3.63) is 65.6 Å². The smallest absolute Gasteiger partial charge is 0.215 e. The van der Waals surface area contributed by atoms with E-state index in [1.807, 2.05) is 48.5 Å². The lowest BCUT2D eigenvalue weighted by atomic mass is 10.1. The van der Waals surface area contributed by atoms with E-state index in [2.05, 4.69) is 32.6 Å². The Hall–Kier alpha value is -3.62. The molecule has 2 aromatic heterocycles. The fourth-order valence-corrected chi connectivity index (χ4v) is 2.87. The van der Waals surface area contributed by atoms with Crippen LogP contribution in [-0.2, 0) is 23.3 Å². The largest absolute Gasteiger partial charge is 0.389 e. The zero-order valence-electron chi connectivity index (χ0n) is 17.2. The van der Waals surface area contributed by atoms with Gasteiger partial charge in [-0.15, -0.1) is 5.10 Å². The maximum atomic E-state index is 11.4. The molecule has 0 unspecified atom stereocenters. The summed E-state index contributed by atoms with van der Waals surface area (Å²) in [7, 11) is 1.74. The maximum Gasteiger partial charge on any atom is 0.215 e. The molecule has 0 saturated heterocycles. The number of amides is 1. The Morgan fingerprint density at radius 3 is 2.70 bits per heavy atom. The number of hydrogen-bond donors (Lipinski definition) is 0. The molecule has 9 heteroatoms. The Bertz CT molecular complexity index is 972. The molecule has 30 heavy (non-hydrogen) atoms. The van der Waals surface area contributed by atoms with Gasteiger partial charge in [0.1, 0.15) is 5.82 Å². The highest BCUT2D eigenvalue weighted by atomic mass is 16.6. The molecule has 156 valence electrons. The molecule has 0 saturated carbocycles. The van der Waals surface area contributed by atoms with Crippen LogP contribution in [0, 0.1) is 0 Å². The van der Waals surface area contributed by atoms with Crippen LogP contribution in [0.4, 0.5) is 5.82 Å². The van der Waals surface area contributed by atoms with Gasteiger partial charge in [0, 0.05) is 19.2 Å². The Kier molecular flexibility index (Phi) is 7.59. The number of aromatic nitrogens is 5. The molecule has 0 spiro atoms. The van der Waals surface area contributed by atoms with Crippen molar-refractivity contribution >= 4 is 17.9 Å². The number of anilines is 1. The first-order chi connectivity index (χ1) is 14.7. The van der Waals surface area contributed by atoms with Crippen molar-refractivity contribution in [3.63, 3.8) is 0 Å². The van der Waals surface area contributed by atoms with Crippen LogP contribution in [0.15, 0.2) is 53.7 Å². The lowest BCUT2D eigenvalue weighted by Crippen LogP contribution is -2.23. The van der Waals surface area contributed by atoms with Crippen molar-refractivity contribution in [2.75, 3.05) is 11.4 Å². The van der Waals surface area contributed by atoms with Gasteiger partial charge in [0.25, 0.3) is 0 Å². The van der Waals surface area contributed by atoms with Crippen LogP contribution in [0.3, 0.4) is 0 Å². The predicted octanol–water partition coefficient (Wildman–Crippen LogP) is 2.73. The second kappa shape index (κ2) is 10.8. The van der Waals surface area contributed by atoms with Crippen LogP contribution in [-0.4, -0.2) is 43.9 Å². The van der Waals surface area contributed by atoms with E-state index in [4.69, 9.17) is 4.84 Å². The molecule has 0 aliphatic heterocycles. The molecule has 0 atom stereocenters. The quantitative estimate of drug-likeness (QED) is 0.210. The highest BCUT2D eigenvalue weighted by Crippen LogP contribution is 2.13. The molecule has 0 fully saturated rings. The van der Waals surface area contributed by atoms with E-state index >= 15 is 0 Å². The van der Waals surface area contributed by atoms with E-state index in [0.717, 1.165) is 31.2 Å². The normalized spacial score (nSPS) is 11.3. The molecule has 0 aliphatic carbocycles. The fraction of sp³-hybridized carbons (Fsp3) is 0.333. The van der Waals surface area contributed by atoms with Gasteiger partial charge in [-0.25, -0.2) is 9.67 Å². The summed E-state index contributed by atoms with van der Waals surface area (Å²) in [5.41, 5.74) is 2.02. The number of unbranched alkanes of at least 4 members (excludes halogenated alkanes) is 2. The van der Waals surface area contributed by atoms with Crippen LogP contribution in [0.5, 0.6) is 0 Å². The topological polar surface area (TPSA) is 98.4 Å². The first-order valence-electron chi connectivity index (χ1n) is 9.89. The summed E-state index contributed by atoms with van der Waals surface area (Å²) >= 11 is 0. The number of carbonyl (C=O) groups excluding carboxylic acids is 1. The number of tetrazole rings is 1. The summed E-state index contributed by atoms with van der Waals surface area (Å²) in [6.07, 6.45) is 3.92. The molecule has 0 radical (unpaired) electrons. The molecule has 9 nitrogen and oxygen atoms in total. The average Bonchev–Trinajstić information content (AvgIpc) is 3.20. The van der Waals surface area contributed by atoms with Gasteiger partial charge in [-0.1, -0.05) is 61.3 Å². The van der Waals surface area contributed by atoms with Crippen molar-refractivity contribution in [2.45, 2.75) is 32.8 Å². The van der Waals surface area contributed by atoms with Crippen molar-refractivity contribution in [1.82, 2.24) is 25.2 Å². The zero-order chi connectivity index (χ0) is 21.2. The Morgan fingerprint density at radius 2 is 2.00 bits per heavy atom. The van der Waals surface area contributed by atoms with Gasteiger partial charge in [0.2, 0.25) is 12.2 Å². The van der Waals surface area contributed by atoms with Crippen LogP contribution in [0.1, 0.15) is 43.3 Å². The predicted molar refractivity (Wildman–Crippen MR) is 113 cm³/mol. The summed E-state index contributed by atoms with van der Waals surface area (Å²) in [6, 6.07) is 15.1. The van der Waals surface area contributed by atoms with Crippen molar-refractivity contribution in [2.24, 2.45) is 12.2 Å². The number of pyridine rings is 1. The molecule has 2 heterocycles. The number of nitrogens with zero attached hydrogens (tertiary/aromatic N) is 7. The van der Waals surface area contributed by atoms with Crippen molar-refractivity contribution in [1.29, 1.82) is 0 Å². The summed E-state index contributed by atoms with van der Waals surface area (Å²) in [5.74, 6) is 1.10. The van der Waals surface area contributed by atoms with Gasteiger partial charge in [0.05, 0.1) is 5.69 Å². The Morgan fingerprint density at radius 1 is 1.17 bits per heavy atom. The highest BCUT2D eigenvalue weighted by Gasteiger charge is 2.15. The van der Waals surface area contributed by atoms with Gasteiger partial charge in [-0.05, 0) is 29.0 Å². The summed E-state index contributed by atoms with van der Waals surface area (Å²) in [6.45, 7) is 2.92. The lowest BCUT2D eigenvalue weighted by Gasteiger charge is -2.16. The second-order valence-electron chi connectivity index (χ2n) is 6.70. The fourth-order valence-electron chi connectivity index (χ4n) is 2.87. The molecule has 0 aliphatic rings. The van der Waals surface area contributed by atoms with Crippen molar-refractivity contribution < 1.29 is 9.63 Å². The van der Waals surface area contributed by atoms with Gasteiger partial charge in [-0.3, -0.25) is 9.69 Å². The van der Waals surface area contributed by atoms with Crippen LogP contribution < -0.4 is 4.90 Å². The molecule has 3 rings (SSSR count). The van der Waals surface area contributed by atoms with Gasteiger partial charge >= 0.3 is 0 Å². The minimum atomic E-state index is 0.150. The third-order valence-electron chi connectivity index (χ3n) is 4.46. The minimum absolute atomic E-state index is 0.150. The van der Waals surface area contributed by atoms with E-state index in [0.29, 0.717) is 29.6 Å². The van der Waals surface area contributed by atoms with E-state index in [1.165, 1.54) is 4.68 Å². The SMILES string of the molecule is CCCCCN(C=O)c1cccc(CON=C(c2ccccc2)c2nnnn2C)n1. The number of oxime groups is 1. The molecule has 1 aromatic carbocycles. The molecular formula is C21H25N7O2. The molecule has 1 amide bonds. The second-order valence-corrected chi connectivity index (χ2v) is 6.70. The van der Waals surface area contributed by atoms with Crippen LogP contribution in [0.25, 0.3) is 0 Å². The summed E-state index contributed by atoms with van der Waals surface area (Å²) < 4.78 is 1.53. The lowest BCUT2D eigenvalue weighted by molar-refractivity contribution is -0.107. The third-order valence-corrected chi connectivity index (χ3v) is 4.46. The maximum absolute atomic E-state index is 11.4. The molecular weight excluding hydrogens is 382 g/mol. The first-order valence-corrected chi connectivity index (χ1v) is 9.89. The summed E-state index contributed by atoms with van der Waals surface area (Å²) in [5, 5.41) is 15.9. The monoisotopic (exact) mass is 407 g/mol. The number of carbonyl (C=O) groups is 1. The molecule has 3 aromatic rings. The highest BCUT2D eigenvalue weighted by molar-refractivity contribution is 6.10. The number of benzene rings is 1. The van der Waals surface area contributed by atoms with Gasteiger partial charge in [0.15, 0.2) is 12.3 Å². The van der Waals surface area contributed by atoms with E-state index in [9.17, 15) is 4.79 Å². The van der Waals surface area contributed by atoms with Crippen LogP contribution >= 0.6 is 0 Å². The molecule has 0 bridgehead atoms. The van der Waals surface area contributed by atoms with Gasteiger partial charge < -0.3 is 4.84 Å². The Balaban J connectivity index is 1.74. The van der Waals surface area contributed by atoms with Crippen molar-refractivity contribution in [3.8, 4) is 0 Å². The average molecular weight is 407 g/mol. The summed E-state index contributed by atoms with van der Waals surface area (Å²) in [4.78, 5) is 23.2. The van der Waals surface area contributed by atoms with E-state index < -0.39 is 0 Å². The van der Waals surface area contributed by atoms with Gasteiger partial charge in [-0.2, -0.15) is 0 Å². The third kappa shape index (κ3) is 5.47. The number of hydrogen-bond acceptors (Lipinski definition) is 7. The Labute approximate surface area is 175 Å². The zero-order valence-corrected chi connectivity index (χ0v) is 17.2. The standard InChI is InChI=1S/C21H25N7O2/c1-3-4-8-14-28(16-29)19-13-9-12-18(22-19)15-30-24-20(17-10-6-5-7-11-17)21-23-25-26-27(21)2/h5-7,9-13,16H,3-4,8,14-15H2,1-2H3. The van der Waals surface area contributed by atoms with Crippen LogP contribution in [0.2, 0.25) is 0 Å². The number of rotatable bonds is 11. The number of aryl methyl sites for hydroxylation is 1. The van der Waals surface area contributed by atoms with E-state index in [-0.39, 0.29) is 6.61 Å². The van der Waals surface area contributed by atoms with E-state index in [1.54, 1.807) is 11.9 Å².